The monoisotopic (exact) mass is 184 g/mol. The molecule has 1 heteroatoms. The van der Waals surface area contributed by atoms with Gasteiger partial charge in [0.05, 0.1) is 0 Å². The molecule has 0 aromatic rings. The van der Waals surface area contributed by atoms with Crippen molar-refractivity contribution in [3.05, 3.63) is 24.3 Å². The summed E-state index contributed by atoms with van der Waals surface area (Å²) in [7, 11) is 0. The number of hydrogen-bond donors (Lipinski definition) is 0. The fraction of sp³-hybridized carbons (Fsp3) is 0.333. The molecule has 0 bridgehead atoms. The quantitative estimate of drug-likeness (QED) is 0.431. The maximum Gasteiger partial charge on any atom is 0 e. The van der Waals surface area contributed by atoms with Crippen molar-refractivity contribution in [1.82, 2.24) is 0 Å². The summed E-state index contributed by atoms with van der Waals surface area (Å²) in [4.78, 5) is 0. The largest absolute Gasteiger partial charge is 0.0877 e. The summed E-state index contributed by atoms with van der Waals surface area (Å²) in [6.45, 7) is 4.00. The Hall–Kier alpha value is 0.103. The molecule has 0 unspecified atom stereocenters. The molecule has 0 aliphatic carbocycles. The average Bonchev–Trinajstić information content (AvgIpc) is 1.61. The molecular weight excluding hydrogens is 173 g/mol. The fourth-order valence-electron chi connectivity index (χ4n) is 0.222. The van der Waals surface area contributed by atoms with Crippen molar-refractivity contribution >= 4 is 0 Å². The van der Waals surface area contributed by atoms with Gasteiger partial charge in [0, 0.05) is 19.5 Å². The first-order valence-electron chi connectivity index (χ1n) is 2.15. The van der Waals surface area contributed by atoms with Crippen LogP contribution >= 0.6 is 0 Å². The van der Waals surface area contributed by atoms with E-state index in [1.807, 2.05) is 38.2 Å². The van der Waals surface area contributed by atoms with Crippen LogP contribution in [0, 0.1) is 0 Å². The zero-order chi connectivity index (χ0) is 4.83. The number of allylic oxidation sites excluding steroid dienone is 4. The Morgan fingerprint density at radius 3 is 1.29 bits per heavy atom. The molecule has 0 aromatic carbocycles. The second-order valence-electron chi connectivity index (χ2n) is 1.05. The molecule has 0 radical (unpaired) electrons. The first-order valence-corrected chi connectivity index (χ1v) is 2.15. The van der Waals surface area contributed by atoms with Gasteiger partial charge in [-0.15, -0.1) is 0 Å². The zero-order valence-electron chi connectivity index (χ0n) is 4.66. The Kier molecular flexibility index (Phi) is 13.7. The molecule has 7 heavy (non-hydrogen) atoms. The Balaban J connectivity index is 0. The van der Waals surface area contributed by atoms with E-state index in [0.717, 1.165) is 0 Å². The Bertz CT molecular complexity index is 52.6. The van der Waals surface area contributed by atoms with Gasteiger partial charge >= 0.3 is 0 Å². The Morgan fingerprint density at radius 1 is 0.857 bits per heavy atom. The van der Waals surface area contributed by atoms with E-state index in [9.17, 15) is 0 Å². The molecule has 0 nitrogen and oxygen atoms in total. The maximum atomic E-state index is 2.00. The first kappa shape index (κ1) is 10.2. The van der Waals surface area contributed by atoms with Crippen LogP contribution in [0.4, 0.5) is 0 Å². The molecule has 0 aromatic heterocycles. The predicted molar refractivity (Wildman–Crippen MR) is 29.6 cm³/mol. The van der Waals surface area contributed by atoms with E-state index < -0.39 is 0 Å². The van der Waals surface area contributed by atoms with Gasteiger partial charge < -0.3 is 0 Å². The van der Waals surface area contributed by atoms with Crippen LogP contribution in [-0.4, -0.2) is 0 Å². The summed E-state index contributed by atoms with van der Waals surface area (Å²) in [6.07, 6.45) is 8.00. The third kappa shape index (κ3) is 10.7. The summed E-state index contributed by atoms with van der Waals surface area (Å²) in [5.74, 6) is 0. The minimum absolute atomic E-state index is 0. The average molecular weight is 183 g/mol. The molecule has 0 aliphatic rings. The van der Waals surface area contributed by atoms with Crippen LogP contribution < -0.4 is 0 Å². The van der Waals surface area contributed by atoms with Crippen LogP contribution in [0.1, 0.15) is 13.8 Å². The summed E-state index contributed by atoms with van der Waals surface area (Å²) in [5.41, 5.74) is 0. The third-order valence-corrected chi connectivity index (χ3v) is 0.496. The zero-order valence-corrected chi connectivity index (χ0v) is 6.40. The topological polar surface area (TPSA) is 0 Å². The van der Waals surface area contributed by atoms with Crippen molar-refractivity contribution in [1.29, 1.82) is 0 Å². The van der Waals surface area contributed by atoms with Gasteiger partial charge in [0.2, 0.25) is 0 Å². The second-order valence-corrected chi connectivity index (χ2v) is 1.05. The van der Waals surface area contributed by atoms with Gasteiger partial charge in [-0.05, 0) is 13.8 Å². The minimum Gasteiger partial charge on any atom is -0.0877 e. The van der Waals surface area contributed by atoms with Gasteiger partial charge in [0.15, 0.2) is 0 Å². The molecule has 0 amide bonds. The Labute approximate surface area is 58.1 Å². The molecule has 0 fully saturated rings. The van der Waals surface area contributed by atoms with Crippen molar-refractivity contribution in [2.24, 2.45) is 0 Å². The maximum absolute atomic E-state index is 2.00. The first-order chi connectivity index (χ1) is 2.91. The van der Waals surface area contributed by atoms with E-state index in [-0.39, 0.29) is 19.5 Å². The second kappa shape index (κ2) is 9.44. The van der Waals surface area contributed by atoms with Crippen LogP contribution in [0.3, 0.4) is 0 Å². The van der Waals surface area contributed by atoms with Crippen LogP contribution in [0.2, 0.25) is 0 Å². The van der Waals surface area contributed by atoms with Gasteiger partial charge in [-0.25, -0.2) is 0 Å². The molecule has 0 saturated heterocycles. The van der Waals surface area contributed by atoms with Gasteiger partial charge in [-0.3, -0.25) is 0 Å². The summed E-state index contributed by atoms with van der Waals surface area (Å²) in [6, 6.07) is 0. The van der Waals surface area contributed by atoms with Crippen LogP contribution in [-0.2, 0) is 19.5 Å². The van der Waals surface area contributed by atoms with Crippen LogP contribution in [0.15, 0.2) is 24.3 Å². The molecular formula is C6H10Ru. The van der Waals surface area contributed by atoms with Crippen molar-refractivity contribution in [2.45, 2.75) is 13.8 Å². The molecule has 0 rings (SSSR count). The van der Waals surface area contributed by atoms with E-state index in [1.165, 1.54) is 0 Å². The smallest absolute Gasteiger partial charge is 0 e. The molecule has 0 spiro atoms. The van der Waals surface area contributed by atoms with Crippen molar-refractivity contribution in [3.63, 3.8) is 0 Å². The van der Waals surface area contributed by atoms with E-state index in [2.05, 4.69) is 0 Å². The summed E-state index contributed by atoms with van der Waals surface area (Å²) in [5, 5.41) is 0. The molecule has 0 heterocycles. The normalized spacial score (nSPS) is 10.0. The molecule has 0 atom stereocenters. The Morgan fingerprint density at radius 2 is 1.14 bits per heavy atom. The molecule has 0 N–H and O–H groups in total. The summed E-state index contributed by atoms with van der Waals surface area (Å²) >= 11 is 0. The van der Waals surface area contributed by atoms with Crippen molar-refractivity contribution in [2.75, 3.05) is 0 Å². The van der Waals surface area contributed by atoms with E-state index in [4.69, 9.17) is 0 Å². The van der Waals surface area contributed by atoms with E-state index in [1.54, 1.807) is 0 Å². The van der Waals surface area contributed by atoms with Crippen molar-refractivity contribution in [3.8, 4) is 0 Å². The third-order valence-electron chi connectivity index (χ3n) is 0.496. The van der Waals surface area contributed by atoms with E-state index in [0.29, 0.717) is 0 Å². The van der Waals surface area contributed by atoms with E-state index >= 15 is 0 Å². The van der Waals surface area contributed by atoms with Gasteiger partial charge in [0.25, 0.3) is 0 Å². The van der Waals surface area contributed by atoms with Crippen molar-refractivity contribution < 1.29 is 19.5 Å². The molecule has 0 saturated carbocycles. The number of hydrogen-bond acceptors (Lipinski definition) is 0. The standard InChI is InChI=1S/C6H10.Ru/c1-3-5-6-4-2;/h3-6H,1-2H3;. The fourth-order valence-corrected chi connectivity index (χ4v) is 0.222. The van der Waals surface area contributed by atoms with Gasteiger partial charge in [-0.1, -0.05) is 24.3 Å². The van der Waals surface area contributed by atoms with Gasteiger partial charge in [0.1, 0.15) is 0 Å². The SMILES string of the molecule is CC=CC=CC.[Ru]. The van der Waals surface area contributed by atoms with Crippen LogP contribution in [0.5, 0.6) is 0 Å². The minimum atomic E-state index is 0. The van der Waals surface area contributed by atoms with Gasteiger partial charge in [-0.2, -0.15) is 0 Å². The summed E-state index contributed by atoms with van der Waals surface area (Å²) < 4.78 is 0. The molecule has 0 aliphatic heterocycles. The predicted octanol–water partition coefficient (Wildman–Crippen LogP) is 2.14. The molecule has 42 valence electrons. The number of rotatable bonds is 1. The van der Waals surface area contributed by atoms with Crippen LogP contribution in [0.25, 0.3) is 0 Å².